The molecule has 2 aromatic rings. The van der Waals surface area contributed by atoms with Crippen molar-refractivity contribution in [2.45, 2.75) is 33.7 Å². The van der Waals surface area contributed by atoms with Crippen molar-refractivity contribution in [3.05, 3.63) is 23.0 Å². The van der Waals surface area contributed by atoms with Crippen molar-refractivity contribution in [3.8, 4) is 5.75 Å². The van der Waals surface area contributed by atoms with Crippen LogP contribution >= 0.6 is 11.3 Å². The first kappa shape index (κ1) is 18.2. The zero-order valence-corrected chi connectivity index (χ0v) is 15.2. The number of esters is 1. The number of hydrogen-bond donors (Lipinski definition) is 0. The maximum atomic E-state index is 12.0. The normalized spacial score (nSPS) is 12.0. The molecule has 24 heavy (non-hydrogen) atoms. The molecule has 0 saturated carbocycles. The molecule has 130 valence electrons. The average molecular weight is 350 g/mol. The molecule has 0 spiro atoms. The largest absolute Gasteiger partial charge is 0.494 e. The Morgan fingerprint density at radius 1 is 1.33 bits per heavy atom. The van der Waals surface area contributed by atoms with Crippen LogP contribution in [0.2, 0.25) is 0 Å². The summed E-state index contributed by atoms with van der Waals surface area (Å²) in [6.07, 6.45) is 0.221. The van der Waals surface area contributed by atoms with Crippen molar-refractivity contribution in [1.29, 1.82) is 0 Å². The highest BCUT2D eigenvalue weighted by atomic mass is 32.1. The van der Waals surface area contributed by atoms with Gasteiger partial charge < -0.3 is 14.0 Å². The molecule has 0 fully saturated rings. The van der Waals surface area contributed by atoms with E-state index < -0.39 is 0 Å². The van der Waals surface area contributed by atoms with E-state index in [1.165, 1.54) is 18.4 Å². The van der Waals surface area contributed by atoms with Crippen molar-refractivity contribution in [2.24, 2.45) is 10.9 Å². The van der Waals surface area contributed by atoms with Gasteiger partial charge in [-0.2, -0.15) is 4.99 Å². The van der Waals surface area contributed by atoms with Gasteiger partial charge in [0.05, 0.1) is 30.4 Å². The highest BCUT2D eigenvalue weighted by Crippen LogP contribution is 2.23. The van der Waals surface area contributed by atoms with Gasteiger partial charge in [-0.25, -0.2) is 0 Å². The van der Waals surface area contributed by atoms with Crippen LogP contribution in [0.1, 0.15) is 27.2 Å². The van der Waals surface area contributed by atoms with Gasteiger partial charge in [0.25, 0.3) is 5.91 Å². The van der Waals surface area contributed by atoms with Crippen molar-refractivity contribution >= 4 is 33.4 Å². The zero-order chi connectivity index (χ0) is 17.7. The number of carbonyl (C=O) groups excluding carboxylic acids is 2. The first-order valence-electron chi connectivity index (χ1n) is 7.87. The van der Waals surface area contributed by atoms with E-state index in [0.29, 0.717) is 18.0 Å². The molecular weight excluding hydrogens is 328 g/mol. The van der Waals surface area contributed by atoms with Crippen molar-refractivity contribution in [2.75, 3.05) is 13.7 Å². The lowest BCUT2D eigenvalue weighted by molar-refractivity contribution is -0.140. The Morgan fingerprint density at radius 2 is 2.08 bits per heavy atom. The molecule has 0 aliphatic heterocycles. The van der Waals surface area contributed by atoms with E-state index in [4.69, 9.17) is 9.47 Å². The quantitative estimate of drug-likeness (QED) is 0.751. The third-order valence-electron chi connectivity index (χ3n) is 3.43. The number of hydrogen-bond acceptors (Lipinski definition) is 5. The van der Waals surface area contributed by atoms with Crippen LogP contribution in [0, 0.1) is 5.92 Å². The standard InChI is InChI=1S/C17H22N2O4S/c1-5-23-12-6-7-13-14(10-12)24-17(18-16(21)11(2)3)19(13)9-8-15(20)22-4/h6-7,10-11H,5,8-9H2,1-4H3. The van der Waals surface area contributed by atoms with Crippen LogP contribution in [0.4, 0.5) is 0 Å². The molecule has 0 unspecified atom stereocenters. The Bertz CT molecular complexity index is 805. The fourth-order valence-electron chi connectivity index (χ4n) is 2.14. The summed E-state index contributed by atoms with van der Waals surface area (Å²) in [5.74, 6) is 0.115. The average Bonchev–Trinajstić information content (AvgIpc) is 2.89. The summed E-state index contributed by atoms with van der Waals surface area (Å²) < 4.78 is 13.1. The van der Waals surface area contributed by atoms with Crippen LogP contribution in [0.3, 0.4) is 0 Å². The lowest BCUT2D eigenvalue weighted by Crippen LogP contribution is -2.20. The molecule has 2 rings (SSSR count). The molecule has 1 aromatic carbocycles. The number of amides is 1. The minimum Gasteiger partial charge on any atom is -0.494 e. The summed E-state index contributed by atoms with van der Waals surface area (Å²) in [6.45, 7) is 6.54. The molecule has 0 bridgehead atoms. The Kier molecular flexibility index (Phi) is 6.14. The van der Waals surface area contributed by atoms with Crippen molar-refractivity contribution in [3.63, 3.8) is 0 Å². The Labute approximate surface area is 144 Å². The fourth-order valence-corrected chi connectivity index (χ4v) is 3.23. The number of benzene rings is 1. The van der Waals surface area contributed by atoms with E-state index in [1.54, 1.807) is 0 Å². The molecule has 7 heteroatoms. The van der Waals surface area contributed by atoms with E-state index in [0.717, 1.165) is 16.0 Å². The number of rotatable bonds is 6. The van der Waals surface area contributed by atoms with Gasteiger partial charge in [0.15, 0.2) is 4.80 Å². The first-order chi connectivity index (χ1) is 11.5. The van der Waals surface area contributed by atoms with E-state index in [9.17, 15) is 9.59 Å². The van der Waals surface area contributed by atoms with E-state index in [1.807, 2.05) is 43.5 Å². The zero-order valence-electron chi connectivity index (χ0n) is 14.4. The summed E-state index contributed by atoms with van der Waals surface area (Å²) in [7, 11) is 1.36. The second-order valence-corrected chi connectivity index (χ2v) is 6.54. The highest BCUT2D eigenvalue weighted by Gasteiger charge is 2.12. The molecular formula is C17H22N2O4S. The minimum atomic E-state index is -0.297. The second-order valence-electron chi connectivity index (χ2n) is 5.53. The molecule has 0 saturated heterocycles. The molecule has 1 amide bonds. The van der Waals surface area contributed by atoms with E-state index >= 15 is 0 Å². The molecule has 0 atom stereocenters. The minimum absolute atomic E-state index is 0.178. The van der Waals surface area contributed by atoms with Crippen LogP contribution < -0.4 is 9.54 Å². The second kappa shape index (κ2) is 8.10. The predicted molar refractivity (Wildman–Crippen MR) is 93.0 cm³/mol. The Morgan fingerprint density at radius 3 is 2.71 bits per heavy atom. The van der Waals surface area contributed by atoms with Crippen LogP contribution in [0.5, 0.6) is 5.75 Å². The van der Waals surface area contributed by atoms with Crippen LogP contribution in [-0.2, 0) is 20.9 Å². The fraction of sp³-hybridized carbons (Fsp3) is 0.471. The third-order valence-corrected chi connectivity index (χ3v) is 4.47. The van der Waals surface area contributed by atoms with Gasteiger partial charge in [-0.05, 0) is 25.1 Å². The van der Waals surface area contributed by atoms with Gasteiger partial charge in [0.1, 0.15) is 5.75 Å². The lowest BCUT2D eigenvalue weighted by Gasteiger charge is -2.06. The Balaban J connectivity index is 2.51. The molecule has 0 aliphatic rings. The van der Waals surface area contributed by atoms with Gasteiger partial charge in [-0.1, -0.05) is 25.2 Å². The summed E-state index contributed by atoms with van der Waals surface area (Å²) in [6, 6.07) is 5.73. The topological polar surface area (TPSA) is 69.9 Å². The third kappa shape index (κ3) is 4.23. The smallest absolute Gasteiger partial charge is 0.307 e. The van der Waals surface area contributed by atoms with E-state index in [2.05, 4.69) is 4.99 Å². The number of ether oxygens (including phenoxy) is 2. The number of aromatic nitrogens is 1. The molecule has 0 N–H and O–H groups in total. The number of aryl methyl sites for hydroxylation is 1. The summed E-state index contributed by atoms with van der Waals surface area (Å²) in [5.41, 5.74) is 0.919. The number of carbonyl (C=O) groups is 2. The van der Waals surface area contributed by atoms with Crippen LogP contribution in [0.15, 0.2) is 23.2 Å². The van der Waals surface area contributed by atoms with Gasteiger partial charge in [0, 0.05) is 12.5 Å². The van der Waals surface area contributed by atoms with Gasteiger partial charge in [-0.15, -0.1) is 0 Å². The lowest BCUT2D eigenvalue weighted by atomic mass is 10.2. The highest BCUT2D eigenvalue weighted by molar-refractivity contribution is 7.16. The summed E-state index contributed by atoms with van der Waals surface area (Å²) in [4.78, 5) is 28.3. The van der Waals surface area contributed by atoms with Gasteiger partial charge >= 0.3 is 5.97 Å². The maximum Gasteiger partial charge on any atom is 0.307 e. The van der Waals surface area contributed by atoms with Gasteiger partial charge in [0.2, 0.25) is 0 Å². The van der Waals surface area contributed by atoms with Crippen molar-refractivity contribution in [1.82, 2.24) is 4.57 Å². The number of thiazole rings is 1. The number of nitrogens with zero attached hydrogens (tertiary/aromatic N) is 2. The predicted octanol–water partition coefficient (Wildman–Crippen LogP) is 2.75. The molecule has 0 radical (unpaired) electrons. The number of methoxy groups -OCH3 is 1. The summed E-state index contributed by atoms with van der Waals surface area (Å²) in [5, 5.41) is 0. The van der Waals surface area contributed by atoms with Crippen LogP contribution in [0.25, 0.3) is 10.2 Å². The monoisotopic (exact) mass is 350 g/mol. The molecule has 6 nitrogen and oxygen atoms in total. The Hall–Kier alpha value is -2.15. The van der Waals surface area contributed by atoms with E-state index in [-0.39, 0.29) is 24.2 Å². The number of fused-ring (bicyclic) bond motifs is 1. The SMILES string of the molecule is CCOc1ccc2c(c1)sc(=NC(=O)C(C)C)n2CCC(=O)OC. The summed E-state index contributed by atoms with van der Waals surface area (Å²) >= 11 is 1.41. The molecule has 0 aliphatic carbocycles. The maximum absolute atomic E-state index is 12.0. The first-order valence-corrected chi connectivity index (χ1v) is 8.69. The van der Waals surface area contributed by atoms with Crippen molar-refractivity contribution < 1.29 is 19.1 Å². The van der Waals surface area contributed by atoms with Crippen LogP contribution in [-0.4, -0.2) is 30.2 Å². The molecule has 1 heterocycles. The molecule has 1 aromatic heterocycles. The van der Waals surface area contributed by atoms with Gasteiger partial charge in [-0.3, -0.25) is 9.59 Å².